The molecule has 0 spiro atoms. The number of anilines is 2. The van der Waals surface area contributed by atoms with Gasteiger partial charge in [0.15, 0.2) is 0 Å². The molecule has 0 aliphatic heterocycles. The van der Waals surface area contributed by atoms with Crippen molar-refractivity contribution in [2.45, 2.75) is 27.2 Å². The van der Waals surface area contributed by atoms with E-state index in [0.29, 0.717) is 13.0 Å². The van der Waals surface area contributed by atoms with Gasteiger partial charge in [0.05, 0.1) is 0 Å². The molecule has 0 heterocycles. The van der Waals surface area contributed by atoms with E-state index in [9.17, 15) is 4.79 Å². The molecule has 2 aromatic rings. The average molecular weight is 282 g/mol. The van der Waals surface area contributed by atoms with Crippen molar-refractivity contribution in [3.05, 3.63) is 59.2 Å². The molecule has 0 saturated carbocycles. The Morgan fingerprint density at radius 1 is 0.952 bits per heavy atom. The Hall–Kier alpha value is -2.29. The van der Waals surface area contributed by atoms with E-state index in [1.54, 1.807) is 0 Å². The van der Waals surface area contributed by atoms with Crippen molar-refractivity contribution < 1.29 is 4.79 Å². The minimum Gasteiger partial charge on any atom is -0.385 e. The molecule has 0 fully saturated rings. The first-order chi connectivity index (χ1) is 10.1. The van der Waals surface area contributed by atoms with Crippen LogP contribution in [0.25, 0.3) is 0 Å². The summed E-state index contributed by atoms with van der Waals surface area (Å²) in [5.41, 5.74) is 5.55. The molecule has 110 valence electrons. The quantitative estimate of drug-likeness (QED) is 0.868. The van der Waals surface area contributed by atoms with Gasteiger partial charge in [0.1, 0.15) is 0 Å². The predicted molar refractivity (Wildman–Crippen MR) is 88.8 cm³/mol. The monoisotopic (exact) mass is 282 g/mol. The van der Waals surface area contributed by atoms with Gasteiger partial charge in [-0.05, 0) is 55.7 Å². The summed E-state index contributed by atoms with van der Waals surface area (Å²) in [6.45, 7) is 6.79. The van der Waals surface area contributed by atoms with Crippen LogP contribution in [-0.2, 0) is 4.79 Å². The van der Waals surface area contributed by atoms with E-state index in [4.69, 9.17) is 0 Å². The summed E-state index contributed by atoms with van der Waals surface area (Å²) in [6.07, 6.45) is 0.446. The minimum absolute atomic E-state index is 0.0284. The van der Waals surface area contributed by atoms with Gasteiger partial charge in [-0.15, -0.1) is 0 Å². The number of rotatable bonds is 5. The highest BCUT2D eigenvalue weighted by molar-refractivity contribution is 5.91. The molecule has 21 heavy (non-hydrogen) atoms. The van der Waals surface area contributed by atoms with Crippen LogP contribution in [0.3, 0.4) is 0 Å². The Morgan fingerprint density at radius 2 is 1.71 bits per heavy atom. The molecule has 0 unspecified atom stereocenters. The molecule has 2 rings (SSSR count). The molecule has 1 amide bonds. The summed E-state index contributed by atoms with van der Waals surface area (Å²) in [4.78, 5) is 11.9. The van der Waals surface area contributed by atoms with E-state index in [2.05, 4.69) is 36.6 Å². The molecule has 0 aromatic heterocycles. The molecular formula is C18H22N2O. The van der Waals surface area contributed by atoms with Crippen LogP contribution >= 0.6 is 0 Å². The zero-order chi connectivity index (χ0) is 15.2. The van der Waals surface area contributed by atoms with E-state index in [-0.39, 0.29) is 5.91 Å². The van der Waals surface area contributed by atoms with Crippen LogP contribution in [0.2, 0.25) is 0 Å². The summed E-state index contributed by atoms with van der Waals surface area (Å²) in [5.74, 6) is 0.0284. The lowest BCUT2D eigenvalue weighted by Crippen LogP contribution is -2.16. The molecule has 2 N–H and O–H groups in total. The second kappa shape index (κ2) is 6.93. The van der Waals surface area contributed by atoms with Crippen LogP contribution in [0.4, 0.5) is 11.4 Å². The maximum Gasteiger partial charge on any atom is 0.226 e. The molecule has 0 bridgehead atoms. The highest BCUT2D eigenvalue weighted by Gasteiger charge is 2.04. The van der Waals surface area contributed by atoms with E-state index < -0.39 is 0 Å². The zero-order valence-electron chi connectivity index (χ0n) is 12.9. The fourth-order valence-electron chi connectivity index (χ4n) is 2.10. The van der Waals surface area contributed by atoms with Crippen LogP contribution < -0.4 is 10.6 Å². The van der Waals surface area contributed by atoms with Crippen molar-refractivity contribution in [3.63, 3.8) is 0 Å². The smallest absolute Gasteiger partial charge is 0.226 e. The summed E-state index contributed by atoms with van der Waals surface area (Å²) in [7, 11) is 0. The maximum absolute atomic E-state index is 11.9. The maximum atomic E-state index is 11.9. The van der Waals surface area contributed by atoms with Crippen molar-refractivity contribution >= 4 is 17.3 Å². The number of amides is 1. The topological polar surface area (TPSA) is 41.1 Å². The fourth-order valence-corrected chi connectivity index (χ4v) is 2.10. The number of benzene rings is 2. The van der Waals surface area contributed by atoms with Gasteiger partial charge in [-0.1, -0.05) is 24.3 Å². The molecular weight excluding hydrogens is 260 g/mol. The van der Waals surface area contributed by atoms with Crippen molar-refractivity contribution in [1.82, 2.24) is 0 Å². The Bertz CT molecular complexity index is 635. The summed E-state index contributed by atoms with van der Waals surface area (Å²) in [5, 5.41) is 6.22. The highest BCUT2D eigenvalue weighted by atomic mass is 16.1. The van der Waals surface area contributed by atoms with Crippen molar-refractivity contribution in [2.75, 3.05) is 17.2 Å². The number of hydrogen-bond acceptors (Lipinski definition) is 2. The Balaban J connectivity index is 1.82. The van der Waals surface area contributed by atoms with Gasteiger partial charge in [-0.3, -0.25) is 4.79 Å². The van der Waals surface area contributed by atoms with Crippen molar-refractivity contribution in [3.8, 4) is 0 Å². The molecule has 3 nitrogen and oxygen atoms in total. The fraction of sp³-hybridized carbons (Fsp3) is 0.278. The van der Waals surface area contributed by atoms with Crippen molar-refractivity contribution in [1.29, 1.82) is 0 Å². The Morgan fingerprint density at radius 3 is 2.43 bits per heavy atom. The van der Waals surface area contributed by atoms with E-state index in [0.717, 1.165) is 16.9 Å². The van der Waals surface area contributed by atoms with E-state index in [1.165, 1.54) is 11.1 Å². The van der Waals surface area contributed by atoms with Crippen molar-refractivity contribution in [2.24, 2.45) is 0 Å². The summed E-state index contributed by atoms with van der Waals surface area (Å²) >= 11 is 0. The van der Waals surface area contributed by atoms with E-state index >= 15 is 0 Å². The lowest BCUT2D eigenvalue weighted by Gasteiger charge is -2.10. The van der Waals surface area contributed by atoms with Gasteiger partial charge in [0.25, 0.3) is 0 Å². The zero-order valence-corrected chi connectivity index (χ0v) is 12.9. The van der Waals surface area contributed by atoms with Gasteiger partial charge < -0.3 is 10.6 Å². The Kier molecular flexibility index (Phi) is 4.99. The SMILES string of the molecule is Cc1ccc(NCCC(=O)Nc2ccccc2C)cc1C. The first kappa shape index (κ1) is 15.1. The van der Waals surface area contributed by atoms with Gasteiger partial charge in [-0.25, -0.2) is 0 Å². The molecule has 0 aliphatic rings. The largest absolute Gasteiger partial charge is 0.385 e. The third-order valence-corrected chi connectivity index (χ3v) is 3.61. The van der Waals surface area contributed by atoms with Crippen LogP contribution in [0.15, 0.2) is 42.5 Å². The summed E-state index contributed by atoms with van der Waals surface area (Å²) < 4.78 is 0. The van der Waals surface area contributed by atoms with E-state index in [1.807, 2.05) is 37.3 Å². The lowest BCUT2D eigenvalue weighted by atomic mass is 10.1. The first-order valence-electron chi connectivity index (χ1n) is 7.23. The number of carbonyl (C=O) groups is 1. The standard InChI is InChI=1S/C18H22N2O/c1-13-8-9-16(12-15(13)3)19-11-10-18(21)20-17-7-5-4-6-14(17)2/h4-9,12,19H,10-11H2,1-3H3,(H,20,21). The van der Waals surface area contributed by atoms with Crippen LogP contribution in [-0.4, -0.2) is 12.5 Å². The van der Waals surface area contributed by atoms with Crippen LogP contribution in [0.1, 0.15) is 23.1 Å². The molecule has 0 atom stereocenters. The number of nitrogens with one attached hydrogen (secondary N) is 2. The van der Waals surface area contributed by atoms with Gasteiger partial charge >= 0.3 is 0 Å². The first-order valence-corrected chi connectivity index (χ1v) is 7.23. The summed E-state index contributed by atoms with van der Waals surface area (Å²) in [6, 6.07) is 14.0. The highest BCUT2D eigenvalue weighted by Crippen LogP contribution is 2.15. The minimum atomic E-state index is 0.0284. The average Bonchev–Trinajstić information content (AvgIpc) is 2.45. The third kappa shape index (κ3) is 4.35. The molecule has 0 radical (unpaired) electrons. The van der Waals surface area contributed by atoms with Gasteiger partial charge in [-0.2, -0.15) is 0 Å². The molecule has 0 saturated heterocycles. The number of para-hydroxylation sites is 1. The van der Waals surface area contributed by atoms with Crippen LogP contribution in [0.5, 0.6) is 0 Å². The molecule has 3 heteroatoms. The number of hydrogen-bond donors (Lipinski definition) is 2. The second-order valence-electron chi connectivity index (χ2n) is 5.34. The number of carbonyl (C=O) groups excluding carboxylic acids is 1. The lowest BCUT2D eigenvalue weighted by molar-refractivity contribution is -0.115. The Labute approximate surface area is 126 Å². The molecule has 0 aliphatic carbocycles. The van der Waals surface area contributed by atoms with Crippen LogP contribution in [0, 0.1) is 20.8 Å². The molecule has 2 aromatic carbocycles. The predicted octanol–water partition coefficient (Wildman–Crippen LogP) is 4.05. The second-order valence-corrected chi connectivity index (χ2v) is 5.34. The third-order valence-electron chi connectivity index (χ3n) is 3.61. The normalized spacial score (nSPS) is 10.2. The number of aryl methyl sites for hydroxylation is 3. The van der Waals surface area contributed by atoms with Gasteiger partial charge in [0, 0.05) is 24.3 Å². The van der Waals surface area contributed by atoms with Gasteiger partial charge in [0.2, 0.25) is 5.91 Å².